The second-order valence-corrected chi connectivity index (χ2v) is 8.26. The lowest BCUT2D eigenvalue weighted by Crippen LogP contribution is -2.42. The largest absolute Gasteiger partial charge is 0.497 e. The highest BCUT2D eigenvalue weighted by Crippen LogP contribution is 2.56. The summed E-state index contributed by atoms with van der Waals surface area (Å²) in [4.78, 5) is 26.0. The van der Waals surface area contributed by atoms with Crippen LogP contribution in [0.2, 0.25) is 0 Å². The first kappa shape index (κ1) is 18.2. The van der Waals surface area contributed by atoms with Crippen molar-refractivity contribution in [1.82, 2.24) is 0 Å². The molecule has 1 heterocycles. The molecule has 0 bridgehead atoms. The molecule has 1 saturated carbocycles. The molecule has 1 fully saturated rings. The average molecular weight is 429 g/mol. The molecule has 4 nitrogen and oxygen atoms in total. The molecule has 0 radical (unpaired) electrons. The molecule has 2 aromatic carbocycles. The van der Waals surface area contributed by atoms with Crippen molar-refractivity contribution in [3.63, 3.8) is 0 Å². The number of rotatable bonds is 4. The molecular weight excluding hydrogens is 408 g/mol. The van der Waals surface area contributed by atoms with Gasteiger partial charge in [-0.15, -0.1) is 0 Å². The van der Waals surface area contributed by atoms with Crippen LogP contribution in [0.3, 0.4) is 0 Å². The Balaban J connectivity index is 1.72. The third-order valence-electron chi connectivity index (χ3n) is 5.92. The fourth-order valence-electron chi connectivity index (χ4n) is 4.47. The number of hydrogen-bond acceptors (Lipinski definition) is 4. The van der Waals surface area contributed by atoms with Crippen LogP contribution in [0.25, 0.3) is 0 Å². The maximum absolute atomic E-state index is 13.0. The molecule has 0 saturated heterocycles. The number of fused-ring (bicyclic) bond motifs is 1. The number of ether oxygens (including phenoxy) is 2. The van der Waals surface area contributed by atoms with Gasteiger partial charge in [-0.05, 0) is 55.3 Å². The van der Waals surface area contributed by atoms with Crippen LogP contribution in [0.1, 0.15) is 53.9 Å². The molecule has 2 aliphatic rings. The fourth-order valence-corrected chi connectivity index (χ4v) is 4.85. The van der Waals surface area contributed by atoms with Gasteiger partial charge in [-0.1, -0.05) is 28.8 Å². The molecule has 1 unspecified atom stereocenters. The monoisotopic (exact) mass is 428 g/mol. The first-order valence-electron chi connectivity index (χ1n) is 9.22. The number of benzene rings is 2. The summed E-state index contributed by atoms with van der Waals surface area (Å²) in [6, 6.07) is 12.8. The number of Topliss-reactive ketones (excluding diaryl/α,β-unsaturated/α-hetero) is 1. The second-order valence-electron chi connectivity index (χ2n) is 7.34. The Morgan fingerprint density at radius 2 is 1.89 bits per heavy atom. The average Bonchev–Trinajstić information content (AvgIpc) is 3.17. The molecular formula is C22H21BrO4. The lowest BCUT2D eigenvalue weighted by Gasteiger charge is -2.40. The molecule has 27 heavy (non-hydrogen) atoms. The molecule has 140 valence electrons. The van der Waals surface area contributed by atoms with Crippen molar-refractivity contribution in [1.29, 1.82) is 0 Å². The maximum atomic E-state index is 13.0. The number of carbonyl (C=O) groups is 2. The number of methoxy groups -OCH3 is 1. The zero-order chi connectivity index (χ0) is 19.0. The van der Waals surface area contributed by atoms with E-state index in [9.17, 15) is 9.59 Å². The topological polar surface area (TPSA) is 52.6 Å². The molecule has 1 aliphatic carbocycles. The maximum Gasteiger partial charge on any atom is 0.318 e. The molecule has 5 heteroatoms. The lowest BCUT2D eigenvalue weighted by molar-refractivity contribution is -0.149. The van der Waals surface area contributed by atoms with Gasteiger partial charge in [0.25, 0.3) is 0 Å². The predicted octanol–water partition coefficient (Wildman–Crippen LogP) is 5.29. The van der Waals surface area contributed by atoms with Crippen LogP contribution in [-0.4, -0.2) is 18.9 Å². The Bertz CT molecular complexity index is 882. The van der Waals surface area contributed by atoms with E-state index in [1.54, 1.807) is 31.4 Å². The summed E-state index contributed by atoms with van der Waals surface area (Å²) in [6.45, 7) is 0. The van der Waals surface area contributed by atoms with E-state index in [1.807, 2.05) is 18.2 Å². The van der Waals surface area contributed by atoms with Gasteiger partial charge in [-0.3, -0.25) is 9.59 Å². The summed E-state index contributed by atoms with van der Waals surface area (Å²) in [6.07, 6.45) is 3.83. The van der Waals surface area contributed by atoms with Gasteiger partial charge in [-0.25, -0.2) is 0 Å². The quantitative estimate of drug-likeness (QED) is 0.376. The summed E-state index contributed by atoms with van der Waals surface area (Å²) >= 11 is 3.52. The summed E-state index contributed by atoms with van der Waals surface area (Å²) < 4.78 is 11.8. The van der Waals surface area contributed by atoms with E-state index in [4.69, 9.17) is 9.47 Å². The Hall–Kier alpha value is -2.14. The molecule has 1 aliphatic heterocycles. The number of esters is 1. The molecule has 0 amide bonds. The Morgan fingerprint density at radius 1 is 1.19 bits per heavy atom. The van der Waals surface area contributed by atoms with Crippen molar-refractivity contribution in [3.8, 4) is 11.5 Å². The predicted molar refractivity (Wildman–Crippen MR) is 105 cm³/mol. The highest BCUT2D eigenvalue weighted by Gasteiger charge is 2.53. The van der Waals surface area contributed by atoms with Crippen molar-refractivity contribution in [3.05, 3.63) is 58.1 Å². The Kier molecular flexibility index (Phi) is 4.81. The van der Waals surface area contributed by atoms with Crippen LogP contribution >= 0.6 is 15.9 Å². The van der Waals surface area contributed by atoms with E-state index in [0.29, 0.717) is 23.5 Å². The normalized spacial score (nSPS) is 20.2. The minimum atomic E-state index is -0.587. The highest BCUT2D eigenvalue weighted by molar-refractivity contribution is 9.10. The van der Waals surface area contributed by atoms with Gasteiger partial charge in [0.05, 0.1) is 12.5 Å². The van der Waals surface area contributed by atoms with Crippen LogP contribution in [0.5, 0.6) is 11.5 Å². The van der Waals surface area contributed by atoms with E-state index in [2.05, 4.69) is 15.9 Å². The van der Waals surface area contributed by atoms with E-state index >= 15 is 0 Å². The zero-order valence-corrected chi connectivity index (χ0v) is 16.8. The van der Waals surface area contributed by atoms with Gasteiger partial charge in [0, 0.05) is 27.9 Å². The Morgan fingerprint density at radius 3 is 2.56 bits per heavy atom. The third-order valence-corrected chi connectivity index (χ3v) is 6.41. The standard InChI is InChI=1S/C22H21BrO4/c1-26-16-7-4-14(5-8-16)19(24)13-18-17-12-15(23)6-9-20(17)27-21(25)22(18)10-2-3-11-22/h4-9,12,18H,2-3,10-11,13H2,1H3. The summed E-state index contributed by atoms with van der Waals surface area (Å²) in [5.74, 6) is 0.989. The van der Waals surface area contributed by atoms with Crippen LogP contribution in [0.15, 0.2) is 46.9 Å². The van der Waals surface area contributed by atoms with Gasteiger partial charge in [0.1, 0.15) is 11.5 Å². The SMILES string of the molecule is COc1ccc(C(=O)CC2c3cc(Br)ccc3OC(=O)C23CCCC3)cc1. The molecule has 1 spiro atoms. The van der Waals surface area contributed by atoms with Crippen LogP contribution in [-0.2, 0) is 4.79 Å². The van der Waals surface area contributed by atoms with Crippen molar-refractivity contribution in [2.75, 3.05) is 7.11 Å². The van der Waals surface area contributed by atoms with E-state index in [-0.39, 0.29) is 17.7 Å². The van der Waals surface area contributed by atoms with Gasteiger partial charge in [0.15, 0.2) is 5.78 Å². The number of ketones is 1. The fraction of sp³-hybridized carbons (Fsp3) is 0.364. The van der Waals surface area contributed by atoms with Gasteiger partial charge in [-0.2, -0.15) is 0 Å². The highest BCUT2D eigenvalue weighted by atomic mass is 79.9. The second kappa shape index (κ2) is 7.12. The number of hydrogen-bond donors (Lipinski definition) is 0. The molecule has 0 aromatic heterocycles. The van der Waals surface area contributed by atoms with Crippen LogP contribution in [0, 0.1) is 5.41 Å². The summed E-state index contributed by atoms with van der Waals surface area (Å²) in [5.41, 5.74) is 1.00. The van der Waals surface area contributed by atoms with E-state index in [1.165, 1.54) is 0 Å². The number of halogens is 1. The molecule has 2 aromatic rings. The van der Waals surface area contributed by atoms with Crippen molar-refractivity contribution in [2.24, 2.45) is 5.41 Å². The number of carbonyl (C=O) groups excluding carboxylic acids is 2. The zero-order valence-electron chi connectivity index (χ0n) is 15.2. The van der Waals surface area contributed by atoms with E-state index < -0.39 is 5.41 Å². The van der Waals surface area contributed by atoms with Crippen molar-refractivity contribution < 1.29 is 19.1 Å². The summed E-state index contributed by atoms with van der Waals surface area (Å²) in [7, 11) is 1.60. The minimum absolute atomic E-state index is 0.0366. The molecule has 1 atom stereocenters. The Labute approximate surface area is 167 Å². The molecule has 4 rings (SSSR count). The van der Waals surface area contributed by atoms with Crippen molar-refractivity contribution >= 4 is 27.7 Å². The van der Waals surface area contributed by atoms with Gasteiger partial charge in [0.2, 0.25) is 0 Å². The minimum Gasteiger partial charge on any atom is -0.497 e. The van der Waals surface area contributed by atoms with Gasteiger partial charge >= 0.3 is 5.97 Å². The van der Waals surface area contributed by atoms with Gasteiger partial charge < -0.3 is 9.47 Å². The first-order chi connectivity index (χ1) is 13.0. The smallest absolute Gasteiger partial charge is 0.318 e. The lowest BCUT2D eigenvalue weighted by atomic mass is 9.66. The summed E-state index contributed by atoms with van der Waals surface area (Å²) in [5, 5.41) is 0. The first-order valence-corrected chi connectivity index (χ1v) is 10.0. The van der Waals surface area contributed by atoms with E-state index in [0.717, 1.165) is 35.7 Å². The third kappa shape index (κ3) is 3.18. The molecule has 0 N–H and O–H groups in total. The van der Waals surface area contributed by atoms with Crippen molar-refractivity contribution in [2.45, 2.75) is 38.0 Å². The van der Waals surface area contributed by atoms with Crippen LogP contribution < -0.4 is 9.47 Å². The van der Waals surface area contributed by atoms with Crippen LogP contribution in [0.4, 0.5) is 0 Å².